The summed E-state index contributed by atoms with van der Waals surface area (Å²) in [5.74, 6) is 1.00. The number of nitrogens with zero attached hydrogens (tertiary/aromatic N) is 3. The average Bonchev–Trinajstić information content (AvgIpc) is 2.97. The molecule has 1 aliphatic rings. The second-order valence-electron chi connectivity index (χ2n) is 7.11. The highest BCUT2D eigenvalue weighted by atomic mass is 32.2. The normalized spacial score (nSPS) is 17.0. The molecule has 0 radical (unpaired) electrons. The number of benzene rings is 1. The lowest BCUT2D eigenvalue weighted by Crippen LogP contribution is -2.38. The van der Waals surface area contributed by atoms with Crippen molar-refractivity contribution in [3.63, 3.8) is 0 Å². The van der Waals surface area contributed by atoms with Crippen LogP contribution in [0, 0.1) is 19.8 Å². The van der Waals surface area contributed by atoms with Gasteiger partial charge in [0.25, 0.3) is 10.0 Å². The Hall–Kier alpha value is -1.91. The van der Waals surface area contributed by atoms with Crippen molar-refractivity contribution in [2.45, 2.75) is 43.4 Å². The van der Waals surface area contributed by atoms with Crippen molar-refractivity contribution in [2.75, 3.05) is 20.2 Å². The van der Waals surface area contributed by atoms with E-state index < -0.39 is 20.0 Å². The van der Waals surface area contributed by atoms with E-state index >= 15 is 0 Å². The minimum Gasteiger partial charge on any atom is -0.497 e. The van der Waals surface area contributed by atoms with Crippen molar-refractivity contribution in [2.24, 2.45) is 5.92 Å². The first-order valence-electron chi connectivity index (χ1n) is 9.05. The topological polar surface area (TPSA) is 98.6 Å². The lowest BCUT2D eigenvalue weighted by atomic mass is 10.0. The molecule has 154 valence electrons. The summed E-state index contributed by atoms with van der Waals surface area (Å²) in [5, 5.41) is 4.07. The molecule has 0 amide bonds. The van der Waals surface area contributed by atoms with Crippen LogP contribution in [-0.4, -0.2) is 50.5 Å². The van der Waals surface area contributed by atoms with E-state index in [9.17, 15) is 16.8 Å². The van der Waals surface area contributed by atoms with E-state index in [4.69, 9.17) is 4.74 Å². The van der Waals surface area contributed by atoms with E-state index in [2.05, 4.69) is 12.0 Å². The van der Waals surface area contributed by atoms with Crippen LogP contribution in [0.4, 0.5) is 0 Å². The van der Waals surface area contributed by atoms with Gasteiger partial charge in [-0.1, -0.05) is 6.92 Å². The molecular formula is C18H25N3O5S2. The van der Waals surface area contributed by atoms with E-state index in [1.54, 1.807) is 0 Å². The highest BCUT2D eigenvalue weighted by molar-refractivity contribution is 7.90. The van der Waals surface area contributed by atoms with Crippen LogP contribution in [0.25, 0.3) is 0 Å². The number of methoxy groups -OCH3 is 1. The van der Waals surface area contributed by atoms with Crippen molar-refractivity contribution in [1.82, 2.24) is 13.5 Å². The Bertz CT molecular complexity index is 1070. The molecule has 0 N–H and O–H groups in total. The number of ether oxygens (including phenoxy) is 1. The zero-order valence-electron chi connectivity index (χ0n) is 16.4. The molecule has 2 heterocycles. The Labute approximate surface area is 166 Å². The maximum absolute atomic E-state index is 13.2. The molecular weight excluding hydrogens is 402 g/mol. The summed E-state index contributed by atoms with van der Waals surface area (Å²) in [4.78, 5) is -0.0196. The fourth-order valence-corrected chi connectivity index (χ4v) is 6.66. The van der Waals surface area contributed by atoms with Gasteiger partial charge in [-0.05, 0) is 56.9 Å². The first kappa shape index (κ1) is 20.8. The molecule has 1 aliphatic heterocycles. The highest BCUT2D eigenvalue weighted by Crippen LogP contribution is 2.29. The summed E-state index contributed by atoms with van der Waals surface area (Å²) in [5.41, 5.74) is 0.264. The summed E-state index contributed by atoms with van der Waals surface area (Å²) >= 11 is 0. The van der Waals surface area contributed by atoms with Crippen LogP contribution in [0.5, 0.6) is 5.75 Å². The smallest absolute Gasteiger partial charge is 0.283 e. The highest BCUT2D eigenvalue weighted by Gasteiger charge is 2.35. The van der Waals surface area contributed by atoms with Crippen molar-refractivity contribution >= 4 is 20.0 Å². The van der Waals surface area contributed by atoms with E-state index in [1.807, 2.05) is 0 Å². The second kappa shape index (κ2) is 7.49. The minimum absolute atomic E-state index is 0.00893. The molecule has 10 heteroatoms. The van der Waals surface area contributed by atoms with Crippen molar-refractivity contribution in [3.8, 4) is 5.75 Å². The van der Waals surface area contributed by atoms with Crippen molar-refractivity contribution < 1.29 is 21.6 Å². The van der Waals surface area contributed by atoms with E-state index in [-0.39, 0.29) is 21.2 Å². The molecule has 1 aromatic heterocycles. The maximum atomic E-state index is 13.2. The standard InChI is InChI=1S/C18H25N3O5S2/c1-13-9-11-20(12-10-13)28(24,25)18-14(2)19-21(15(18)3)27(22,23)17-7-5-16(26-4)6-8-17/h5-8,13H,9-12H2,1-4H3. The van der Waals surface area contributed by atoms with Gasteiger partial charge in [-0.3, -0.25) is 0 Å². The van der Waals surface area contributed by atoms with Crippen molar-refractivity contribution in [3.05, 3.63) is 35.7 Å². The van der Waals surface area contributed by atoms with Gasteiger partial charge in [-0.25, -0.2) is 8.42 Å². The predicted octanol–water partition coefficient (Wildman–Crippen LogP) is 2.17. The molecule has 0 unspecified atom stereocenters. The number of hydrogen-bond acceptors (Lipinski definition) is 6. The Balaban J connectivity index is 2.04. The number of rotatable bonds is 5. The predicted molar refractivity (Wildman–Crippen MR) is 104 cm³/mol. The first-order valence-corrected chi connectivity index (χ1v) is 11.9. The first-order chi connectivity index (χ1) is 13.1. The summed E-state index contributed by atoms with van der Waals surface area (Å²) in [6, 6.07) is 5.88. The molecule has 1 aromatic carbocycles. The van der Waals surface area contributed by atoms with Gasteiger partial charge in [0.2, 0.25) is 10.0 Å². The third-order valence-electron chi connectivity index (χ3n) is 5.11. The molecule has 1 fully saturated rings. The van der Waals surface area contributed by atoms with Crippen LogP contribution in [-0.2, 0) is 20.0 Å². The lowest BCUT2D eigenvalue weighted by Gasteiger charge is -2.29. The molecule has 28 heavy (non-hydrogen) atoms. The van der Waals surface area contributed by atoms with Gasteiger partial charge in [0.15, 0.2) is 0 Å². The SMILES string of the molecule is COc1ccc(S(=O)(=O)n2nc(C)c(S(=O)(=O)N3CCC(C)CC3)c2C)cc1. The summed E-state index contributed by atoms with van der Waals surface area (Å²) in [7, 11) is -6.35. The molecule has 0 spiro atoms. The Morgan fingerprint density at radius 3 is 2.11 bits per heavy atom. The maximum Gasteiger partial charge on any atom is 0.283 e. The molecule has 0 atom stereocenters. The van der Waals surface area contributed by atoms with E-state index in [1.165, 1.54) is 49.5 Å². The molecule has 0 saturated carbocycles. The van der Waals surface area contributed by atoms with Crippen LogP contribution in [0.15, 0.2) is 34.1 Å². The third kappa shape index (κ3) is 3.56. The molecule has 3 rings (SSSR count). The third-order valence-corrected chi connectivity index (χ3v) is 8.94. The van der Waals surface area contributed by atoms with Gasteiger partial charge in [0.05, 0.1) is 23.4 Å². The summed E-state index contributed by atoms with van der Waals surface area (Å²) < 4.78 is 59.6. The lowest BCUT2D eigenvalue weighted by molar-refractivity contribution is 0.288. The van der Waals surface area contributed by atoms with E-state index in [0.717, 1.165) is 16.9 Å². The number of piperidine rings is 1. The van der Waals surface area contributed by atoms with Crippen LogP contribution in [0.3, 0.4) is 0 Å². The van der Waals surface area contributed by atoms with Crippen LogP contribution >= 0.6 is 0 Å². The van der Waals surface area contributed by atoms with Crippen LogP contribution in [0.2, 0.25) is 0 Å². The van der Waals surface area contributed by atoms with E-state index in [0.29, 0.717) is 24.8 Å². The number of hydrogen-bond donors (Lipinski definition) is 0. The van der Waals surface area contributed by atoms with Gasteiger partial charge < -0.3 is 4.74 Å². The quantitative estimate of drug-likeness (QED) is 0.725. The Morgan fingerprint density at radius 2 is 1.57 bits per heavy atom. The van der Waals surface area contributed by atoms with Gasteiger partial charge in [0, 0.05) is 13.1 Å². The molecule has 1 saturated heterocycles. The van der Waals surface area contributed by atoms with Crippen LogP contribution in [0.1, 0.15) is 31.2 Å². The molecule has 0 aliphatic carbocycles. The fourth-order valence-electron chi connectivity index (χ4n) is 3.41. The van der Waals surface area contributed by atoms with Crippen LogP contribution < -0.4 is 4.74 Å². The second-order valence-corrected chi connectivity index (χ2v) is 10.8. The number of aromatic nitrogens is 2. The molecule has 2 aromatic rings. The monoisotopic (exact) mass is 427 g/mol. The van der Waals surface area contributed by atoms with Crippen molar-refractivity contribution in [1.29, 1.82) is 0 Å². The average molecular weight is 428 g/mol. The summed E-state index contributed by atoms with van der Waals surface area (Å²) in [6.07, 6.45) is 1.57. The Morgan fingerprint density at radius 1 is 1.00 bits per heavy atom. The van der Waals surface area contributed by atoms with Gasteiger partial charge in [-0.15, -0.1) is 0 Å². The zero-order chi connectivity index (χ0) is 20.7. The Kier molecular flexibility index (Phi) is 5.57. The zero-order valence-corrected chi connectivity index (χ0v) is 18.0. The summed E-state index contributed by atoms with van der Waals surface area (Å²) in [6.45, 7) is 5.95. The minimum atomic E-state index is -4.03. The number of aryl methyl sites for hydroxylation is 1. The molecule has 0 bridgehead atoms. The number of sulfonamides is 1. The fraction of sp³-hybridized carbons (Fsp3) is 0.500. The van der Waals surface area contributed by atoms with Gasteiger partial charge in [-0.2, -0.15) is 21.9 Å². The van der Waals surface area contributed by atoms with Gasteiger partial charge in [0.1, 0.15) is 10.6 Å². The molecule has 8 nitrogen and oxygen atoms in total. The largest absolute Gasteiger partial charge is 0.497 e. The van der Waals surface area contributed by atoms with Gasteiger partial charge >= 0.3 is 0 Å².